The largest absolute Gasteiger partial charge is 0.339 e. The predicted octanol–water partition coefficient (Wildman–Crippen LogP) is 3.80. The highest BCUT2D eigenvalue weighted by atomic mass is 16.1. The first-order valence-corrected chi connectivity index (χ1v) is 9.41. The summed E-state index contributed by atoms with van der Waals surface area (Å²) >= 11 is 0. The van der Waals surface area contributed by atoms with Crippen molar-refractivity contribution in [3.8, 4) is 0 Å². The first-order valence-electron chi connectivity index (χ1n) is 9.41. The zero-order valence-corrected chi connectivity index (χ0v) is 16.5. The maximum absolute atomic E-state index is 11.8. The number of rotatable bonds is 9. The Kier molecular flexibility index (Phi) is 7.15. The van der Waals surface area contributed by atoms with Crippen LogP contribution in [0.4, 0.5) is 23.0 Å². The monoisotopic (exact) mass is 402 g/mol. The van der Waals surface area contributed by atoms with Gasteiger partial charge in [-0.3, -0.25) is 15.2 Å². The minimum atomic E-state index is -0.0320. The maximum Gasteiger partial charge on any atom is 0.224 e. The molecule has 2 aromatic heterocycles. The van der Waals surface area contributed by atoms with Gasteiger partial charge in [-0.2, -0.15) is 5.10 Å². The van der Waals surface area contributed by atoms with Gasteiger partial charge in [0, 0.05) is 36.4 Å². The first-order chi connectivity index (χ1) is 14.7. The number of benzene rings is 1. The van der Waals surface area contributed by atoms with E-state index in [1.165, 1.54) is 6.33 Å². The van der Waals surface area contributed by atoms with Gasteiger partial charge in [0.2, 0.25) is 5.91 Å². The number of carbonyl (C=O) groups is 1. The third-order valence-corrected chi connectivity index (χ3v) is 4.00. The maximum atomic E-state index is 11.8. The zero-order chi connectivity index (χ0) is 21.2. The van der Waals surface area contributed by atoms with E-state index in [1.807, 2.05) is 37.3 Å². The molecule has 0 fully saturated rings. The van der Waals surface area contributed by atoms with Crippen molar-refractivity contribution in [2.24, 2.45) is 5.10 Å². The Labute approximate surface area is 174 Å². The third kappa shape index (κ3) is 5.68. The van der Waals surface area contributed by atoms with Crippen LogP contribution in [0.3, 0.4) is 0 Å². The molecule has 0 aliphatic heterocycles. The molecule has 0 atom stereocenters. The molecule has 0 saturated heterocycles. The summed E-state index contributed by atoms with van der Waals surface area (Å²) in [5, 5.41) is 18.0. The normalized spacial score (nSPS) is 10.6. The van der Waals surface area contributed by atoms with E-state index in [1.54, 1.807) is 24.7 Å². The van der Waals surface area contributed by atoms with Crippen LogP contribution in [0.2, 0.25) is 0 Å². The number of hydrogen-bond donors (Lipinski definition) is 4. The van der Waals surface area contributed by atoms with Crippen molar-refractivity contribution in [3.63, 3.8) is 0 Å². The Bertz CT molecular complexity index is 1040. The molecular weight excluding hydrogens is 380 g/mol. The Balaban J connectivity index is 1.75. The topological polar surface area (TPSA) is 128 Å². The molecule has 30 heavy (non-hydrogen) atoms. The molecule has 0 spiro atoms. The van der Waals surface area contributed by atoms with Crippen LogP contribution < -0.4 is 16.1 Å². The smallest absolute Gasteiger partial charge is 0.224 e. The Morgan fingerprint density at radius 1 is 1.13 bits per heavy atom. The van der Waals surface area contributed by atoms with Crippen LogP contribution in [0.25, 0.3) is 0 Å². The average Bonchev–Trinajstić information content (AvgIpc) is 2.75. The molecule has 2 heterocycles. The van der Waals surface area contributed by atoms with E-state index in [-0.39, 0.29) is 5.91 Å². The van der Waals surface area contributed by atoms with Crippen LogP contribution in [-0.2, 0) is 4.79 Å². The van der Waals surface area contributed by atoms with Gasteiger partial charge in [0.15, 0.2) is 5.82 Å². The fourth-order valence-corrected chi connectivity index (χ4v) is 2.60. The fourth-order valence-electron chi connectivity index (χ4n) is 2.60. The lowest BCUT2D eigenvalue weighted by atomic mass is 10.2. The summed E-state index contributed by atoms with van der Waals surface area (Å²) < 4.78 is 0. The van der Waals surface area contributed by atoms with Crippen LogP contribution in [0.5, 0.6) is 0 Å². The number of hydrazone groups is 1. The van der Waals surface area contributed by atoms with Gasteiger partial charge < -0.3 is 16.0 Å². The van der Waals surface area contributed by atoms with Gasteiger partial charge in [0.05, 0.1) is 11.8 Å². The van der Waals surface area contributed by atoms with E-state index >= 15 is 0 Å². The van der Waals surface area contributed by atoms with Gasteiger partial charge in [0.1, 0.15) is 12.1 Å². The zero-order valence-electron chi connectivity index (χ0n) is 16.5. The second-order valence-corrected chi connectivity index (χ2v) is 6.28. The summed E-state index contributed by atoms with van der Waals surface area (Å²) in [5.74, 6) is 0.800. The van der Waals surface area contributed by atoms with E-state index in [0.29, 0.717) is 29.3 Å². The van der Waals surface area contributed by atoms with Crippen LogP contribution in [0, 0.1) is 5.41 Å². The lowest BCUT2D eigenvalue weighted by Crippen LogP contribution is -2.10. The summed E-state index contributed by atoms with van der Waals surface area (Å²) in [4.78, 5) is 24.2. The van der Waals surface area contributed by atoms with Crippen LogP contribution in [-0.4, -0.2) is 33.3 Å². The molecule has 0 saturated carbocycles. The second-order valence-electron chi connectivity index (χ2n) is 6.28. The lowest BCUT2D eigenvalue weighted by molar-refractivity contribution is -0.116. The van der Waals surface area contributed by atoms with Crippen molar-refractivity contribution in [2.45, 2.75) is 19.8 Å². The number of nitrogens with zero attached hydrogens (tertiary/aromatic N) is 4. The third-order valence-electron chi connectivity index (χ3n) is 4.00. The number of nitrogens with one attached hydrogen (secondary N) is 4. The molecule has 152 valence electrons. The van der Waals surface area contributed by atoms with Gasteiger partial charge in [-0.25, -0.2) is 9.97 Å². The molecule has 3 rings (SSSR count). The molecule has 1 aromatic carbocycles. The minimum absolute atomic E-state index is 0.0320. The summed E-state index contributed by atoms with van der Waals surface area (Å²) in [5.41, 5.74) is 5.57. The highest BCUT2D eigenvalue weighted by molar-refractivity contribution is 5.93. The van der Waals surface area contributed by atoms with Gasteiger partial charge >= 0.3 is 0 Å². The number of aromatic nitrogens is 3. The van der Waals surface area contributed by atoms with Gasteiger partial charge in [-0.15, -0.1) is 0 Å². The fraction of sp³-hybridized carbons (Fsp3) is 0.143. The molecule has 0 aliphatic rings. The standard InChI is InChI=1S/C21H22N8O/c1-2-4-19(30)27-16-5-3-6-17(11-16)28-20-18(12-22)21(25-14-24-20)29-26-13-15-7-9-23-10-8-15/h3,5-14,22H,2,4H2,1H3,(H,27,30)(H2,24,25,28,29)/b22-12?,26-13+. The Morgan fingerprint density at radius 2 is 1.90 bits per heavy atom. The summed E-state index contributed by atoms with van der Waals surface area (Å²) in [6, 6.07) is 10.9. The SMILES string of the molecule is CCCC(=O)Nc1cccc(Nc2ncnc(N/N=C/c3ccncc3)c2C=N)c1. The van der Waals surface area contributed by atoms with E-state index in [4.69, 9.17) is 5.41 Å². The predicted molar refractivity (Wildman–Crippen MR) is 119 cm³/mol. The van der Waals surface area contributed by atoms with Crippen molar-refractivity contribution in [2.75, 3.05) is 16.1 Å². The summed E-state index contributed by atoms with van der Waals surface area (Å²) in [7, 11) is 0. The molecule has 0 unspecified atom stereocenters. The first kappa shape index (κ1) is 20.6. The number of hydrogen-bond acceptors (Lipinski definition) is 8. The number of amides is 1. The molecular formula is C21H22N8O. The molecule has 0 radical (unpaired) electrons. The van der Waals surface area contributed by atoms with Crippen LogP contribution in [0.15, 0.2) is 60.2 Å². The van der Waals surface area contributed by atoms with Gasteiger partial charge in [-0.05, 0) is 42.3 Å². The van der Waals surface area contributed by atoms with E-state index in [2.05, 4.69) is 36.1 Å². The Hall–Kier alpha value is -4.14. The molecule has 0 bridgehead atoms. The van der Waals surface area contributed by atoms with Crippen molar-refractivity contribution in [1.29, 1.82) is 5.41 Å². The molecule has 9 nitrogen and oxygen atoms in total. The summed E-state index contributed by atoms with van der Waals surface area (Å²) in [6.45, 7) is 1.96. The number of pyridine rings is 1. The molecule has 1 amide bonds. The molecule has 9 heteroatoms. The van der Waals surface area contributed by atoms with Crippen molar-refractivity contribution >= 4 is 41.3 Å². The summed E-state index contributed by atoms with van der Waals surface area (Å²) in [6.07, 6.45) is 8.77. The quantitative estimate of drug-likeness (QED) is 0.318. The Morgan fingerprint density at radius 3 is 2.67 bits per heavy atom. The van der Waals surface area contributed by atoms with Crippen molar-refractivity contribution in [3.05, 3.63) is 66.2 Å². The highest BCUT2D eigenvalue weighted by Gasteiger charge is 2.10. The van der Waals surface area contributed by atoms with Crippen molar-refractivity contribution in [1.82, 2.24) is 15.0 Å². The molecule has 0 aliphatic carbocycles. The van der Waals surface area contributed by atoms with Gasteiger partial charge in [-0.1, -0.05) is 13.0 Å². The van der Waals surface area contributed by atoms with Crippen molar-refractivity contribution < 1.29 is 4.79 Å². The number of anilines is 4. The molecule has 4 N–H and O–H groups in total. The average molecular weight is 402 g/mol. The minimum Gasteiger partial charge on any atom is -0.339 e. The lowest BCUT2D eigenvalue weighted by Gasteiger charge is -2.12. The highest BCUT2D eigenvalue weighted by Crippen LogP contribution is 2.24. The van der Waals surface area contributed by atoms with E-state index < -0.39 is 0 Å². The van der Waals surface area contributed by atoms with Crippen LogP contribution in [0.1, 0.15) is 30.9 Å². The van der Waals surface area contributed by atoms with Crippen LogP contribution >= 0.6 is 0 Å². The second kappa shape index (κ2) is 10.4. The number of carbonyl (C=O) groups excluding carboxylic acids is 1. The van der Waals surface area contributed by atoms with E-state index in [9.17, 15) is 4.79 Å². The van der Waals surface area contributed by atoms with E-state index in [0.717, 1.165) is 23.9 Å². The molecule has 3 aromatic rings. The van der Waals surface area contributed by atoms with Gasteiger partial charge in [0.25, 0.3) is 0 Å².